The lowest BCUT2D eigenvalue weighted by molar-refractivity contribution is 0.0708. The minimum Gasteiger partial charge on any atom is -0.396 e. The normalized spacial score (nSPS) is 30.6. The van der Waals surface area contributed by atoms with Gasteiger partial charge in [-0.3, -0.25) is 14.4 Å². The molecule has 0 amide bonds. The van der Waals surface area contributed by atoms with E-state index in [4.69, 9.17) is 0 Å². The van der Waals surface area contributed by atoms with E-state index < -0.39 is 0 Å². The molecule has 2 bridgehead atoms. The van der Waals surface area contributed by atoms with Crippen molar-refractivity contribution in [1.82, 2.24) is 24.6 Å². The van der Waals surface area contributed by atoms with Gasteiger partial charge in [-0.2, -0.15) is 5.10 Å². The van der Waals surface area contributed by atoms with Crippen LogP contribution in [0, 0.1) is 5.41 Å². The first-order chi connectivity index (χ1) is 11.1. The molecule has 2 aromatic heterocycles. The number of aromatic nitrogens is 4. The minimum atomic E-state index is -0.131. The predicted octanol–water partition coefficient (Wildman–Crippen LogP) is 0.782. The Morgan fingerprint density at radius 1 is 1.48 bits per heavy atom. The minimum absolute atomic E-state index is 0.0137. The van der Waals surface area contributed by atoms with Crippen LogP contribution in [0.5, 0.6) is 0 Å². The lowest BCUT2D eigenvalue weighted by Gasteiger charge is -2.35. The molecule has 3 atom stereocenters. The zero-order valence-electron chi connectivity index (χ0n) is 13.6. The number of aromatic amines is 1. The molecule has 0 spiro atoms. The van der Waals surface area contributed by atoms with Crippen LogP contribution in [0.3, 0.4) is 0 Å². The smallest absolute Gasteiger partial charge is 0.262 e. The Bertz CT molecular complexity index is 791. The second kappa shape index (κ2) is 5.14. The number of nitrogens with one attached hydrogen (secondary N) is 1. The summed E-state index contributed by atoms with van der Waals surface area (Å²) in [6.45, 7) is 3.04. The Balaban J connectivity index is 1.67. The molecule has 2 aliphatic heterocycles. The summed E-state index contributed by atoms with van der Waals surface area (Å²) in [7, 11) is 1.80. The van der Waals surface area contributed by atoms with Gasteiger partial charge in [-0.15, -0.1) is 0 Å². The third-order valence-electron chi connectivity index (χ3n) is 5.99. The third kappa shape index (κ3) is 2.06. The Labute approximate surface area is 134 Å². The molecule has 0 radical (unpaired) electrons. The van der Waals surface area contributed by atoms with Crippen molar-refractivity contribution in [3.8, 4) is 0 Å². The molecular weight excluding hydrogens is 294 g/mol. The zero-order valence-corrected chi connectivity index (χ0v) is 13.6. The summed E-state index contributed by atoms with van der Waals surface area (Å²) in [5.74, 6) is 0.688. The van der Waals surface area contributed by atoms with Gasteiger partial charge in [-0.05, 0) is 25.7 Å². The van der Waals surface area contributed by atoms with Gasteiger partial charge in [0.15, 0.2) is 5.65 Å². The highest BCUT2D eigenvalue weighted by Gasteiger charge is 2.54. The van der Waals surface area contributed by atoms with E-state index in [-0.39, 0.29) is 17.6 Å². The van der Waals surface area contributed by atoms with Crippen molar-refractivity contribution >= 4 is 11.0 Å². The fraction of sp³-hybridized carbons (Fsp3) is 0.688. The molecule has 2 saturated heterocycles. The number of aliphatic hydroxyl groups excluding tert-OH is 1. The van der Waals surface area contributed by atoms with E-state index in [2.05, 4.69) is 26.9 Å². The number of H-pyrrole nitrogens is 1. The Hall–Kier alpha value is -1.73. The SMILES string of the molecule is CC[C@]1(CO)C[C@H]2CC[C@@H]1N2Cc1nc2c(cnn2C)c(=O)[nH]1. The molecule has 7 heteroatoms. The van der Waals surface area contributed by atoms with Crippen LogP contribution in [0.1, 0.15) is 38.4 Å². The summed E-state index contributed by atoms with van der Waals surface area (Å²) in [5, 5.41) is 14.5. The molecule has 4 heterocycles. The van der Waals surface area contributed by atoms with Gasteiger partial charge in [0, 0.05) is 24.5 Å². The summed E-state index contributed by atoms with van der Waals surface area (Å²) in [6, 6.07) is 0.870. The number of rotatable bonds is 4. The molecule has 4 rings (SSSR count). The Kier molecular flexibility index (Phi) is 3.32. The largest absolute Gasteiger partial charge is 0.396 e. The highest BCUT2D eigenvalue weighted by Crippen LogP contribution is 2.51. The Morgan fingerprint density at radius 3 is 3.00 bits per heavy atom. The van der Waals surface area contributed by atoms with Crippen molar-refractivity contribution in [2.75, 3.05) is 6.61 Å². The average Bonchev–Trinajstić information content (AvgIpc) is 3.20. The van der Waals surface area contributed by atoms with Crippen LogP contribution in [0.25, 0.3) is 11.0 Å². The fourth-order valence-electron chi connectivity index (χ4n) is 4.65. The number of hydrogen-bond acceptors (Lipinski definition) is 5. The molecule has 23 heavy (non-hydrogen) atoms. The van der Waals surface area contributed by atoms with Crippen molar-refractivity contribution in [2.45, 2.75) is 51.2 Å². The number of aryl methyl sites for hydroxylation is 1. The maximum Gasteiger partial charge on any atom is 0.262 e. The third-order valence-corrected chi connectivity index (χ3v) is 5.99. The van der Waals surface area contributed by atoms with Crippen molar-refractivity contribution in [3.63, 3.8) is 0 Å². The highest BCUT2D eigenvalue weighted by atomic mass is 16.3. The zero-order chi connectivity index (χ0) is 16.2. The van der Waals surface area contributed by atoms with E-state index >= 15 is 0 Å². The van der Waals surface area contributed by atoms with E-state index in [1.807, 2.05) is 0 Å². The monoisotopic (exact) mass is 317 g/mol. The lowest BCUT2D eigenvalue weighted by atomic mass is 9.72. The number of hydrogen-bond donors (Lipinski definition) is 2. The van der Waals surface area contributed by atoms with Crippen LogP contribution in [-0.4, -0.2) is 48.4 Å². The first kappa shape index (κ1) is 14.8. The predicted molar refractivity (Wildman–Crippen MR) is 85.9 cm³/mol. The van der Waals surface area contributed by atoms with Gasteiger partial charge in [0.2, 0.25) is 0 Å². The van der Waals surface area contributed by atoms with Crippen LogP contribution in [0.4, 0.5) is 0 Å². The van der Waals surface area contributed by atoms with Gasteiger partial charge in [-0.1, -0.05) is 6.92 Å². The molecule has 2 aliphatic rings. The molecular formula is C16H23N5O2. The van der Waals surface area contributed by atoms with E-state index in [1.165, 1.54) is 6.42 Å². The second-order valence-corrected chi connectivity index (χ2v) is 7.02. The molecule has 7 nitrogen and oxygen atoms in total. The first-order valence-corrected chi connectivity index (χ1v) is 8.35. The van der Waals surface area contributed by atoms with Gasteiger partial charge in [0.1, 0.15) is 11.2 Å². The average molecular weight is 317 g/mol. The van der Waals surface area contributed by atoms with Crippen molar-refractivity contribution in [3.05, 3.63) is 22.4 Å². The fourth-order valence-corrected chi connectivity index (χ4v) is 4.65. The first-order valence-electron chi connectivity index (χ1n) is 8.35. The number of nitrogens with zero attached hydrogens (tertiary/aromatic N) is 4. The van der Waals surface area contributed by atoms with Gasteiger partial charge in [-0.25, -0.2) is 4.98 Å². The number of aliphatic hydroxyl groups is 1. The summed E-state index contributed by atoms with van der Waals surface area (Å²) in [6.07, 6.45) is 5.88. The van der Waals surface area contributed by atoms with Gasteiger partial charge in [0.25, 0.3) is 5.56 Å². The molecule has 0 aromatic carbocycles. The lowest BCUT2D eigenvalue weighted by Crippen LogP contribution is -2.39. The molecule has 0 unspecified atom stereocenters. The Morgan fingerprint density at radius 2 is 2.30 bits per heavy atom. The van der Waals surface area contributed by atoms with Crippen molar-refractivity contribution in [2.24, 2.45) is 12.5 Å². The quantitative estimate of drug-likeness (QED) is 0.870. The molecule has 124 valence electrons. The standard InChI is InChI=1S/C16H23N5O2/c1-3-16(9-22)6-10-4-5-12(16)21(10)8-13-18-14-11(15(23)19-13)7-17-20(14)2/h7,10,12,22H,3-6,8-9H2,1-2H3,(H,18,19,23)/t10-,12+,16-/m1/s1. The van der Waals surface area contributed by atoms with Crippen LogP contribution in [-0.2, 0) is 13.6 Å². The van der Waals surface area contributed by atoms with E-state index in [1.54, 1.807) is 17.9 Å². The maximum absolute atomic E-state index is 12.2. The van der Waals surface area contributed by atoms with Crippen LogP contribution >= 0.6 is 0 Å². The van der Waals surface area contributed by atoms with E-state index in [9.17, 15) is 9.90 Å². The molecule has 2 N–H and O–H groups in total. The van der Waals surface area contributed by atoms with E-state index in [0.29, 0.717) is 35.5 Å². The number of fused-ring (bicyclic) bond motifs is 3. The van der Waals surface area contributed by atoms with Gasteiger partial charge in [0.05, 0.1) is 19.3 Å². The molecule has 2 aromatic rings. The molecule has 0 aliphatic carbocycles. The second-order valence-electron chi connectivity index (χ2n) is 7.02. The van der Waals surface area contributed by atoms with Crippen molar-refractivity contribution in [1.29, 1.82) is 0 Å². The van der Waals surface area contributed by atoms with Gasteiger partial charge >= 0.3 is 0 Å². The molecule has 0 saturated carbocycles. The van der Waals surface area contributed by atoms with Gasteiger partial charge < -0.3 is 10.1 Å². The van der Waals surface area contributed by atoms with E-state index in [0.717, 1.165) is 19.3 Å². The topological polar surface area (TPSA) is 87.0 Å². The maximum atomic E-state index is 12.2. The van der Waals surface area contributed by atoms with Crippen LogP contribution in [0.2, 0.25) is 0 Å². The highest BCUT2D eigenvalue weighted by molar-refractivity contribution is 5.72. The summed E-state index contributed by atoms with van der Waals surface area (Å²) in [5.41, 5.74) is 0.507. The molecule has 2 fully saturated rings. The van der Waals surface area contributed by atoms with Crippen molar-refractivity contribution < 1.29 is 5.11 Å². The van der Waals surface area contributed by atoms with Crippen LogP contribution < -0.4 is 5.56 Å². The summed E-state index contributed by atoms with van der Waals surface area (Å²) < 4.78 is 1.64. The summed E-state index contributed by atoms with van der Waals surface area (Å²) >= 11 is 0. The summed E-state index contributed by atoms with van der Waals surface area (Å²) in [4.78, 5) is 22.1. The van der Waals surface area contributed by atoms with Crippen LogP contribution in [0.15, 0.2) is 11.0 Å².